The fraction of sp³-hybridized carbons (Fsp3) is 0.562. The molecule has 0 aromatic heterocycles. The molecule has 0 radical (unpaired) electrons. The molecule has 0 aliphatic carbocycles. The van der Waals surface area contributed by atoms with Gasteiger partial charge in [0.2, 0.25) is 0 Å². The van der Waals surface area contributed by atoms with Gasteiger partial charge >= 0.3 is 0 Å². The van der Waals surface area contributed by atoms with E-state index in [0.717, 1.165) is 18.5 Å². The topological polar surface area (TPSA) is 55.1 Å². The molecule has 112 valence electrons. The van der Waals surface area contributed by atoms with Gasteiger partial charge in [-0.15, -0.1) is 0 Å². The highest BCUT2D eigenvalue weighted by Crippen LogP contribution is 2.21. The van der Waals surface area contributed by atoms with Crippen molar-refractivity contribution in [2.75, 3.05) is 5.32 Å². The van der Waals surface area contributed by atoms with E-state index in [9.17, 15) is 9.18 Å². The van der Waals surface area contributed by atoms with Gasteiger partial charge in [0.25, 0.3) is 5.91 Å². The van der Waals surface area contributed by atoms with Crippen LogP contribution in [0, 0.1) is 17.7 Å². The first-order valence-electron chi connectivity index (χ1n) is 7.15. The van der Waals surface area contributed by atoms with Crippen molar-refractivity contribution in [2.45, 2.75) is 46.6 Å². The van der Waals surface area contributed by atoms with Crippen molar-refractivity contribution < 1.29 is 9.18 Å². The van der Waals surface area contributed by atoms with Crippen LogP contribution < -0.4 is 11.1 Å². The van der Waals surface area contributed by atoms with Crippen LogP contribution >= 0.6 is 0 Å². The third kappa shape index (κ3) is 5.19. The summed E-state index contributed by atoms with van der Waals surface area (Å²) >= 11 is 0. The molecule has 0 saturated carbocycles. The zero-order valence-electron chi connectivity index (χ0n) is 12.7. The van der Waals surface area contributed by atoms with Crippen LogP contribution in [0.15, 0.2) is 18.2 Å². The molecule has 1 amide bonds. The fourth-order valence-electron chi connectivity index (χ4n) is 2.39. The van der Waals surface area contributed by atoms with Crippen LogP contribution in [0.1, 0.15) is 50.9 Å². The first-order valence-corrected chi connectivity index (χ1v) is 7.15. The number of primary amides is 1. The molecule has 0 heterocycles. The second kappa shape index (κ2) is 7.27. The van der Waals surface area contributed by atoms with E-state index in [1.165, 1.54) is 12.1 Å². The van der Waals surface area contributed by atoms with Gasteiger partial charge in [0.05, 0.1) is 5.56 Å². The summed E-state index contributed by atoms with van der Waals surface area (Å²) in [5, 5.41) is 3.39. The van der Waals surface area contributed by atoms with Crippen LogP contribution in [0.3, 0.4) is 0 Å². The highest BCUT2D eigenvalue weighted by Gasteiger charge is 2.15. The van der Waals surface area contributed by atoms with Crippen LogP contribution in [0.5, 0.6) is 0 Å². The Labute approximate surface area is 120 Å². The van der Waals surface area contributed by atoms with Gasteiger partial charge in [0, 0.05) is 11.7 Å². The Bertz CT molecular complexity index is 448. The zero-order chi connectivity index (χ0) is 15.3. The third-order valence-electron chi connectivity index (χ3n) is 3.11. The predicted molar refractivity (Wildman–Crippen MR) is 81.2 cm³/mol. The maximum atomic E-state index is 13.4. The van der Waals surface area contributed by atoms with Gasteiger partial charge in [-0.05, 0) is 42.9 Å². The van der Waals surface area contributed by atoms with Crippen LogP contribution in [-0.2, 0) is 0 Å². The summed E-state index contributed by atoms with van der Waals surface area (Å²) in [6.07, 6.45) is 2.06. The quantitative estimate of drug-likeness (QED) is 0.798. The first kappa shape index (κ1) is 16.5. The molecule has 3 nitrogen and oxygen atoms in total. The molecule has 0 bridgehead atoms. The molecule has 20 heavy (non-hydrogen) atoms. The molecule has 3 N–H and O–H groups in total. The van der Waals surface area contributed by atoms with E-state index in [1.54, 1.807) is 6.07 Å². The lowest BCUT2D eigenvalue weighted by Gasteiger charge is -2.23. The Hall–Kier alpha value is -1.58. The SMILES string of the molecule is CC(C)CC(CC(C)C)Nc1ccc(F)c(C(N)=O)c1. The van der Waals surface area contributed by atoms with Crippen LogP contribution in [0.4, 0.5) is 10.1 Å². The van der Waals surface area contributed by atoms with Crippen molar-refractivity contribution in [3.8, 4) is 0 Å². The molecule has 0 aliphatic heterocycles. The number of halogens is 1. The molecule has 0 aliphatic rings. The van der Waals surface area contributed by atoms with Gasteiger partial charge in [-0.3, -0.25) is 4.79 Å². The molecular formula is C16H25FN2O. The molecule has 1 aromatic carbocycles. The van der Waals surface area contributed by atoms with Gasteiger partial charge < -0.3 is 11.1 Å². The van der Waals surface area contributed by atoms with E-state index in [0.29, 0.717) is 17.9 Å². The highest BCUT2D eigenvalue weighted by atomic mass is 19.1. The average molecular weight is 280 g/mol. The van der Waals surface area contributed by atoms with Gasteiger partial charge in [0.15, 0.2) is 0 Å². The molecule has 0 saturated heterocycles. The molecule has 4 heteroatoms. The van der Waals surface area contributed by atoms with E-state index in [-0.39, 0.29) is 5.56 Å². The van der Waals surface area contributed by atoms with E-state index in [1.807, 2.05) is 0 Å². The number of rotatable bonds is 7. The minimum atomic E-state index is -0.740. The van der Waals surface area contributed by atoms with Crippen molar-refractivity contribution in [3.05, 3.63) is 29.6 Å². The van der Waals surface area contributed by atoms with E-state index in [4.69, 9.17) is 5.73 Å². The smallest absolute Gasteiger partial charge is 0.251 e. The normalized spacial score (nSPS) is 11.4. The van der Waals surface area contributed by atoms with Crippen molar-refractivity contribution in [3.63, 3.8) is 0 Å². The lowest BCUT2D eigenvalue weighted by Crippen LogP contribution is -2.24. The van der Waals surface area contributed by atoms with E-state index < -0.39 is 11.7 Å². The summed E-state index contributed by atoms with van der Waals surface area (Å²) in [5.41, 5.74) is 5.84. The molecule has 0 fully saturated rings. The molecule has 0 atom stereocenters. The van der Waals surface area contributed by atoms with Crippen LogP contribution in [0.2, 0.25) is 0 Å². The van der Waals surface area contributed by atoms with Crippen molar-refractivity contribution in [1.29, 1.82) is 0 Å². The summed E-state index contributed by atoms with van der Waals surface area (Å²) < 4.78 is 13.4. The van der Waals surface area contributed by atoms with Gasteiger partial charge in [-0.25, -0.2) is 4.39 Å². The molecule has 0 spiro atoms. The van der Waals surface area contributed by atoms with Crippen molar-refractivity contribution in [2.24, 2.45) is 17.6 Å². The number of amides is 1. The van der Waals surface area contributed by atoms with Crippen LogP contribution in [-0.4, -0.2) is 11.9 Å². The van der Waals surface area contributed by atoms with E-state index in [2.05, 4.69) is 33.0 Å². The number of hydrogen-bond acceptors (Lipinski definition) is 2. The number of benzene rings is 1. The zero-order valence-corrected chi connectivity index (χ0v) is 12.7. The number of nitrogens with two attached hydrogens (primary N) is 1. The summed E-state index contributed by atoms with van der Waals surface area (Å²) in [5.74, 6) is -0.174. The lowest BCUT2D eigenvalue weighted by atomic mass is 9.95. The summed E-state index contributed by atoms with van der Waals surface area (Å²) in [6, 6.07) is 4.73. The third-order valence-corrected chi connectivity index (χ3v) is 3.11. The number of carbonyl (C=O) groups is 1. The first-order chi connectivity index (χ1) is 9.29. The van der Waals surface area contributed by atoms with Gasteiger partial charge in [0.1, 0.15) is 5.82 Å². The number of anilines is 1. The predicted octanol–water partition coefficient (Wildman–Crippen LogP) is 3.80. The largest absolute Gasteiger partial charge is 0.382 e. The molecule has 1 aromatic rings. The molecular weight excluding hydrogens is 255 g/mol. The summed E-state index contributed by atoms with van der Waals surface area (Å²) in [6.45, 7) is 8.70. The molecule has 1 rings (SSSR count). The maximum Gasteiger partial charge on any atom is 0.251 e. The Kier molecular flexibility index (Phi) is 5.99. The standard InChI is InChI=1S/C16H25FN2O/c1-10(2)7-13(8-11(3)4)19-12-5-6-15(17)14(9-12)16(18)20/h5-6,9-11,13,19H,7-8H2,1-4H3,(H2,18,20). The number of nitrogens with one attached hydrogen (secondary N) is 1. The van der Waals surface area contributed by atoms with Gasteiger partial charge in [-0.2, -0.15) is 0 Å². The summed E-state index contributed by atoms with van der Waals surface area (Å²) in [4.78, 5) is 11.2. The minimum absolute atomic E-state index is 0.0668. The Morgan fingerprint density at radius 1 is 1.20 bits per heavy atom. The Balaban J connectivity index is 2.87. The monoisotopic (exact) mass is 280 g/mol. The van der Waals surface area contributed by atoms with Crippen LogP contribution in [0.25, 0.3) is 0 Å². The minimum Gasteiger partial charge on any atom is -0.382 e. The second-order valence-corrected chi connectivity index (χ2v) is 6.16. The summed E-state index contributed by atoms with van der Waals surface area (Å²) in [7, 11) is 0. The van der Waals surface area contributed by atoms with Gasteiger partial charge in [-0.1, -0.05) is 27.7 Å². The van der Waals surface area contributed by atoms with E-state index >= 15 is 0 Å². The fourth-order valence-corrected chi connectivity index (χ4v) is 2.39. The average Bonchev–Trinajstić information content (AvgIpc) is 2.29. The number of hydrogen-bond donors (Lipinski definition) is 2. The Morgan fingerprint density at radius 3 is 2.20 bits per heavy atom. The van der Waals surface area contributed by atoms with Crippen molar-refractivity contribution >= 4 is 11.6 Å². The second-order valence-electron chi connectivity index (χ2n) is 6.16. The molecule has 0 unspecified atom stereocenters. The maximum absolute atomic E-state index is 13.4. The van der Waals surface area contributed by atoms with Crippen molar-refractivity contribution in [1.82, 2.24) is 0 Å². The number of carbonyl (C=O) groups excluding carboxylic acids is 1. The Morgan fingerprint density at radius 2 is 1.75 bits per heavy atom. The highest BCUT2D eigenvalue weighted by molar-refractivity contribution is 5.94. The lowest BCUT2D eigenvalue weighted by molar-refractivity contribution is 0.0996.